The van der Waals surface area contributed by atoms with Gasteiger partial charge in [0.2, 0.25) is 5.91 Å². The van der Waals surface area contributed by atoms with Gasteiger partial charge in [0.1, 0.15) is 0 Å². The number of fused-ring (bicyclic) bond motifs is 1. The highest BCUT2D eigenvalue weighted by atomic mass is 32.2. The number of carbonyl (C=O) groups excluding carboxylic acids is 1. The Balaban J connectivity index is 1.63. The van der Waals surface area contributed by atoms with Crippen LogP contribution in [0.2, 0.25) is 0 Å². The molecule has 0 unspecified atom stereocenters. The summed E-state index contributed by atoms with van der Waals surface area (Å²) in [5, 5.41) is 2.62. The van der Waals surface area contributed by atoms with Crippen LogP contribution in [0.5, 0.6) is 0 Å². The minimum atomic E-state index is -3.74. The van der Waals surface area contributed by atoms with Crippen molar-refractivity contribution < 1.29 is 13.2 Å². The summed E-state index contributed by atoms with van der Waals surface area (Å²) in [6, 6.07) is 8.23. The topological polar surface area (TPSA) is 118 Å². The molecule has 9 nitrogen and oxygen atoms in total. The fourth-order valence-corrected chi connectivity index (χ4v) is 3.89. The van der Waals surface area contributed by atoms with Crippen LogP contribution in [0.15, 0.2) is 66.2 Å². The Kier molecular flexibility index (Phi) is 4.92. The molecular formula is C20H18N6O3S. The van der Waals surface area contributed by atoms with Crippen molar-refractivity contribution in [1.82, 2.24) is 19.4 Å². The minimum Gasteiger partial charge on any atom is -0.310 e. The van der Waals surface area contributed by atoms with Crippen molar-refractivity contribution in [1.29, 1.82) is 0 Å². The maximum absolute atomic E-state index is 12.6. The summed E-state index contributed by atoms with van der Waals surface area (Å²) < 4.78 is 29.5. The van der Waals surface area contributed by atoms with Crippen molar-refractivity contribution in [2.45, 2.75) is 18.7 Å². The zero-order valence-corrected chi connectivity index (χ0v) is 17.0. The Labute approximate surface area is 172 Å². The molecule has 0 bridgehead atoms. The van der Waals surface area contributed by atoms with Gasteiger partial charge in [-0.1, -0.05) is 17.7 Å². The SMILES string of the molecule is CC(=O)Nc1cn2cc(-c3cncc(NS(=O)(=O)c4ccc(C)cc4)c3)ncc2n1. The van der Waals surface area contributed by atoms with Crippen LogP contribution in [0.25, 0.3) is 16.9 Å². The van der Waals surface area contributed by atoms with E-state index in [9.17, 15) is 13.2 Å². The second kappa shape index (κ2) is 7.56. The molecule has 0 atom stereocenters. The number of nitrogens with zero attached hydrogens (tertiary/aromatic N) is 4. The van der Waals surface area contributed by atoms with Crippen molar-refractivity contribution in [3.05, 3.63) is 66.9 Å². The first-order valence-corrected chi connectivity index (χ1v) is 10.5. The summed E-state index contributed by atoms with van der Waals surface area (Å²) in [6.45, 7) is 3.29. The number of aromatic nitrogens is 4. The molecule has 0 aliphatic carbocycles. The number of benzene rings is 1. The highest BCUT2D eigenvalue weighted by Gasteiger charge is 2.15. The molecule has 4 aromatic rings. The molecule has 0 aliphatic heterocycles. The quantitative estimate of drug-likeness (QED) is 0.511. The molecule has 2 N–H and O–H groups in total. The number of hydrogen-bond donors (Lipinski definition) is 2. The molecule has 0 spiro atoms. The van der Waals surface area contributed by atoms with E-state index in [1.54, 1.807) is 59.5 Å². The van der Waals surface area contributed by atoms with Gasteiger partial charge in [0, 0.05) is 24.9 Å². The van der Waals surface area contributed by atoms with Crippen molar-refractivity contribution >= 4 is 33.1 Å². The molecule has 0 saturated heterocycles. The number of amides is 1. The number of aryl methyl sites for hydroxylation is 1. The number of hydrogen-bond acceptors (Lipinski definition) is 6. The van der Waals surface area contributed by atoms with Crippen LogP contribution >= 0.6 is 0 Å². The Morgan fingerprint density at radius 2 is 1.83 bits per heavy atom. The number of carbonyl (C=O) groups is 1. The fraction of sp³-hybridized carbons (Fsp3) is 0.100. The van der Waals surface area contributed by atoms with Gasteiger partial charge in [-0.3, -0.25) is 19.5 Å². The molecule has 152 valence electrons. The summed E-state index contributed by atoms with van der Waals surface area (Å²) in [7, 11) is -3.74. The third kappa shape index (κ3) is 4.13. The molecule has 3 aromatic heterocycles. The van der Waals surface area contributed by atoms with Gasteiger partial charge in [0.05, 0.1) is 34.9 Å². The monoisotopic (exact) mass is 422 g/mol. The van der Waals surface area contributed by atoms with Crippen molar-refractivity contribution in [2.75, 3.05) is 10.0 Å². The zero-order valence-electron chi connectivity index (χ0n) is 16.2. The molecule has 1 aromatic carbocycles. The molecule has 1 amide bonds. The van der Waals surface area contributed by atoms with E-state index in [0.717, 1.165) is 5.56 Å². The first-order valence-electron chi connectivity index (χ1n) is 8.97. The van der Waals surface area contributed by atoms with E-state index in [4.69, 9.17) is 0 Å². The van der Waals surface area contributed by atoms with Gasteiger partial charge in [-0.25, -0.2) is 13.4 Å². The average Bonchev–Trinajstić information content (AvgIpc) is 3.08. The lowest BCUT2D eigenvalue weighted by Gasteiger charge is -2.09. The van der Waals surface area contributed by atoms with E-state index >= 15 is 0 Å². The lowest BCUT2D eigenvalue weighted by Crippen LogP contribution is -2.13. The Hall–Kier alpha value is -3.79. The first-order chi connectivity index (χ1) is 14.3. The summed E-state index contributed by atoms with van der Waals surface area (Å²) in [5.74, 6) is 0.198. The molecule has 3 heterocycles. The van der Waals surface area contributed by atoms with Crippen LogP contribution in [0.1, 0.15) is 12.5 Å². The third-order valence-corrected chi connectivity index (χ3v) is 5.66. The molecule has 0 saturated carbocycles. The summed E-state index contributed by atoms with van der Waals surface area (Å²) >= 11 is 0. The zero-order chi connectivity index (χ0) is 21.3. The Bertz CT molecular complexity index is 1350. The van der Waals surface area contributed by atoms with Gasteiger partial charge in [-0.15, -0.1) is 0 Å². The summed E-state index contributed by atoms with van der Waals surface area (Å²) in [5.41, 5.74) is 3.04. The van der Waals surface area contributed by atoms with Gasteiger partial charge in [-0.05, 0) is 25.1 Å². The van der Waals surface area contributed by atoms with Crippen LogP contribution in [0, 0.1) is 6.92 Å². The van der Waals surface area contributed by atoms with Crippen LogP contribution in [-0.2, 0) is 14.8 Å². The molecule has 30 heavy (non-hydrogen) atoms. The maximum atomic E-state index is 12.6. The molecule has 0 fully saturated rings. The van der Waals surface area contributed by atoms with Crippen molar-refractivity contribution in [2.24, 2.45) is 0 Å². The normalized spacial score (nSPS) is 11.4. The average molecular weight is 422 g/mol. The number of imidazole rings is 1. The number of sulfonamides is 1. The van der Waals surface area contributed by atoms with Gasteiger partial charge in [-0.2, -0.15) is 0 Å². The van der Waals surface area contributed by atoms with Crippen molar-refractivity contribution in [3.8, 4) is 11.3 Å². The molecule has 0 aliphatic rings. The van der Waals surface area contributed by atoms with Crippen molar-refractivity contribution in [3.63, 3.8) is 0 Å². The van der Waals surface area contributed by atoms with Gasteiger partial charge >= 0.3 is 0 Å². The van der Waals surface area contributed by atoms with Crippen LogP contribution in [0.4, 0.5) is 11.5 Å². The summed E-state index contributed by atoms with van der Waals surface area (Å²) in [6.07, 6.45) is 7.97. The second-order valence-corrected chi connectivity index (χ2v) is 8.41. The van der Waals surface area contributed by atoms with E-state index in [1.165, 1.54) is 13.1 Å². The third-order valence-electron chi connectivity index (χ3n) is 4.26. The minimum absolute atomic E-state index is 0.168. The van der Waals surface area contributed by atoms with Gasteiger partial charge < -0.3 is 9.72 Å². The first kappa shape index (κ1) is 19.5. The van der Waals surface area contributed by atoms with Crippen LogP contribution in [-0.4, -0.2) is 33.7 Å². The molecule has 4 rings (SSSR count). The van der Waals surface area contributed by atoms with E-state index in [0.29, 0.717) is 28.4 Å². The lowest BCUT2D eigenvalue weighted by molar-refractivity contribution is -0.114. The second-order valence-electron chi connectivity index (χ2n) is 6.73. The Morgan fingerprint density at radius 1 is 1.07 bits per heavy atom. The highest BCUT2D eigenvalue weighted by Crippen LogP contribution is 2.23. The predicted octanol–water partition coefficient (Wildman–Crippen LogP) is 2.86. The number of rotatable bonds is 5. The predicted molar refractivity (Wildman–Crippen MR) is 113 cm³/mol. The van der Waals surface area contributed by atoms with Gasteiger partial charge in [0.15, 0.2) is 11.5 Å². The fourth-order valence-electron chi connectivity index (χ4n) is 2.86. The van der Waals surface area contributed by atoms with E-state index in [-0.39, 0.29) is 10.8 Å². The Morgan fingerprint density at radius 3 is 2.57 bits per heavy atom. The molecular weight excluding hydrogens is 404 g/mol. The highest BCUT2D eigenvalue weighted by molar-refractivity contribution is 7.92. The standard InChI is InChI=1S/C20H18N6O3S/c1-13-3-5-17(6-4-13)30(28,29)25-16-7-15(8-21-9-16)18-11-26-12-19(23-14(2)27)24-20(26)10-22-18/h3-12,25H,1-2H3,(H,23,27). The van der Waals surface area contributed by atoms with E-state index < -0.39 is 10.0 Å². The number of anilines is 2. The summed E-state index contributed by atoms with van der Waals surface area (Å²) in [4.78, 5) is 24.1. The largest absolute Gasteiger partial charge is 0.310 e. The number of pyridine rings is 1. The van der Waals surface area contributed by atoms with E-state index in [1.807, 2.05) is 6.92 Å². The van der Waals surface area contributed by atoms with Crippen LogP contribution < -0.4 is 10.0 Å². The van der Waals surface area contributed by atoms with E-state index in [2.05, 4.69) is 25.0 Å². The van der Waals surface area contributed by atoms with Gasteiger partial charge in [0.25, 0.3) is 10.0 Å². The molecule has 10 heteroatoms. The number of nitrogens with one attached hydrogen (secondary N) is 2. The maximum Gasteiger partial charge on any atom is 0.261 e. The van der Waals surface area contributed by atoms with Crippen LogP contribution in [0.3, 0.4) is 0 Å². The lowest BCUT2D eigenvalue weighted by atomic mass is 10.2. The molecule has 0 radical (unpaired) electrons. The smallest absolute Gasteiger partial charge is 0.261 e.